The average molecular weight is 390 g/mol. The zero-order valence-electron chi connectivity index (χ0n) is 10.3. The highest BCUT2D eigenvalue weighted by molar-refractivity contribution is 6.22. The Morgan fingerprint density at radius 1 is 0.652 bits per heavy atom. The van der Waals surface area contributed by atoms with Crippen molar-refractivity contribution in [3.63, 3.8) is 0 Å². The van der Waals surface area contributed by atoms with E-state index in [0.29, 0.717) is 0 Å². The second-order valence-electron chi connectivity index (χ2n) is 4.16. The summed E-state index contributed by atoms with van der Waals surface area (Å²) in [5.41, 5.74) is 0. The first-order chi connectivity index (χ1) is 9.81. The van der Waals surface area contributed by atoms with Gasteiger partial charge in [0.15, 0.2) is 0 Å². The summed E-state index contributed by atoms with van der Waals surface area (Å²) in [6.07, 6.45) is -3.95. The fraction of sp³-hybridized carbons (Fsp3) is 0.889. The van der Waals surface area contributed by atoms with Crippen LogP contribution < -0.4 is 0 Å². The third-order valence-electron chi connectivity index (χ3n) is 2.55. The van der Waals surface area contributed by atoms with Crippen molar-refractivity contribution in [3.05, 3.63) is 0 Å². The van der Waals surface area contributed by atoms with Crippen LogP contribution in [0.25, 0.3) is 0 Å². The Bertz CT molecular complexity index is 474. The Balaban J connectivity index is 6.10. The molecule has 0 heterocycles. The molecule has 136 valence electrons. The van der Waals surface area contributed by atoms with Crippen molar-refractivity contribution in [3.8, 4) is 6.07 Å². The Hall–Kier alpha value is -1.06. The molecule has 0 aromatic rings. The summed E-state index contributed by atoms with van der Waals surface area (Å²) >= 11 is 3.49. The van der Waals surface area contributed by atoms with Crippen LogP contribution in [0.1, 0.15) is 12.8 Å². The molecule has 0 spiro atoms. The molecule has 0 atom stereocenters. The molecule has 0 aliphatic rings. The lowest BCUT2D eigenvalue weighted by atomic mass is 9.92. The second-order valence-corrected chi connectivity index (χ2v) is 4.63. The van der Waals surface area contributed by atoms with Gasteiger partial charge in [0.1, 0.15) is 0 Å². The van der Waals surface area contributed by atoms with Crippen LogP contribution in [0.5, 0.6) is 0 Å². The molecule has 1 nitrogen and oxygen atoms in total. The number of alkyl halides is 13. The number of nitrogens with zero attached hydrogens (tertiary/aromatic N) is 1. The van der Waals surface area contributed by atoms with Gasteiger partial charge in [-0.15, -0.1) is 0 Å². The van der Waals surface area contributed by atoms with E-state index in [-0.39, 0.29) is 0 Å². The van der Waals surface area contributed by atoms with E-state index in [9.17, 15) is 52.7 Å². The summed E-state index contributed by atoms with van der Waals surface area (Å²) in [6.45, 7) is 0. The van der Waals surface area contributed by atoms with E-state index in [1.807, 2.05) is 0 Å². The molecule has 0 unspecified atom stereocenters. The van der Waals surface area contributed by atoms with E-state index >= 15 is 0 Å². The number of halogens is 13. The maximum absolute atomic E-state index is 13.0. The molecular formula is C9H4ClF12N. The first-order valence-electron chi connectivity index (χ1n) is 5.14. The molecule has 0 bridgehead atoms. The van der Waals surface area contributed by atoms with Gasteiger partial charge < -0.3 is 0 Å². The lowest BCUT2D eigenvalue weighted by molar-refractivity contribution is -0.417. The van der Waals surface area contributed by atoms with Crippen LogP contribution in [-0.2, 0) is 0 Å². The van der Waals surface area contributed by atoms with Crippen LogP contribution in [0.3, 0.4) is 0 Å². The van der Waals surface area contributed by atoms with Gasteiger partial charge in [0, 0.05) is 12.8 Å². The Morgan fingerprint density at radius 3 is 1.30 bits per heavy atom. The van der Waals surface area contributed by atoms with Crippen molar-refractivity contribution in [2.24, 2.45) is 0 Å². The third-order valence-corrected chi connectivity index (χ3v) is 2.79. The summed E-state index contributed by atoms with van der Waals surface area (Å²) < 4.78 is 153. The Kier molecular flexibility index (Phi) is 5.52. The van der Waals surface area contributed by atoms with E-state index in [4.69, 9.17) is 5.26 Å². The van der Waals surface area contributed by atoms with Crippen LogP contribution in [0.2, 0.25) is 0 Å². The van der Waals surface area contributed by atoms with Crippen LogP contribution in [0.4, 0.5) is 52.7 Å². The lowest BCUT2D eigenvalue weighted by Crippen LogP contribution is -2.69. The highest BCUT2D eigenvalue weighted by Gasteiger charge is 2.89. The molecule has 0 rings (SSSR count). The fourth-order valence-electron chi connectivity index (χ4n) is 1.17. The van der Waals surface area contributed by atoms with E-state index in [0.717, 1.165) is 6.07 Å². The maximum Gasteiger partial charge on any atom is 0.393 e. The Morgan fingerprint density at radius 2 is 1.00 bits per heavy atom. The van der Waals surface area contributed by atoms with Gasteiger partial charge in [-0.25, -0.2) is 0 Å². The van der Waals surface area contributed by atoms with Gasteiger partial charge in [-0.1, -0.05) is 0 Å². The quantitative estimate of drug-likeness (QED) is 0.428. The number of hydrogen-bond donors (Lipinski definition) is 0. The molecule has 0 aromatic heterocycles. The predicted molar refractivity (Wildman–Crippen MR) is 50.4 cm³/mol. The van der Waals surface area contributed by atoms with Gasteiger partial charge >= 0.3 is 35.0 Å². The van der Waals surface area contributed by atoms with Crippen molar-refractivity contribution in [2.75, 3.05) is 0 Å². The van der Waals surface area contributed by atoms with E-state index in [2.05, 4.69) is 11.6 Å². The second kappa shape index (κ2) is 5.78. The van der Waals surface area contributed by atoms with Crippen molar-refractivity contribution in [2.45, 2.75) is 47.8 Å². The Labute approximate surface area is 124 Å². The molecule has 0 fully saturated rings. The van der Waals surface area contributed by atoms with Gasteiger partial charge in [0.25, 0.3) is 0 Å². The molecule has 0 aromatic carbocycles. The van der Waals surface area contributed by atoms with Gasteiger partial charge in [-0.05, 0) is 11.6 Å². The largest absolute Gasteiger partial charge is 0.393 e. The first-order valence-corrected chi connectivity index (χ1v) is 5.52. The summed E-state index contributed by atoms with van der Waals surface area (Å²) in [6, 6.07) is 0.806. The monoisotopic (exact) mass is 389 g/mol. The molecule has 0 saturated heterocycles. The summed E-state index contributed by atoms with van der Waals surface area (Å²) in [4.78, 5) is 0. The van der Waals surface area contributed by atoms with Crippen LogP contribution >= 0.6 is 11.6 Å². The average Bonchev–Trinajstić information content (AvgIpc) is 2.34. The van der Waals surface area contributed by atoms with Gasteiger partial charge in [-0.3, -0.25) is 0 Å². The minimum atomic E-state index is -7.65. The smallest absolute Gasteiger partial charge is 0.200 e. The van der Waals surface area contributed by atoms with Crippen LogP contribution in [0.15, 0.2) is 0 Å². The normalized spacial score (nSPS) is 15.5. The minimum Gasteiger partial charge on any atom is -0.200 e. The summed E-state index contributed by atoms with van der Waals surface area (Å²) in [5.74, 6) is -35.8. The lowest BCUT2D eigenvalue weighted by Gasteiger charge is -2.40. The standard InChI is InChI=1S/C9H4ClF12N/c10-9(21,22)8(19,20)7(17,18)6(15,16)5(13,14)4(11,12)2-1-3-23/h1-2H2. The third kappa shape index (κ3) is 3.14. The van der Waals surface area contributed by atoms with Gasteiger partial charge in [0.2, 0.25) is 0 Å². The SMILES string of the molecule is N#CCCC(F)(F)C(F)(F)C(F)(F)C(F)(F)C(F)(F)C(F)(F)Cl. The molecule has 0 N–H and O–H groups in total. The van der Waals surface area contributed by atoms with E-state index < -0.39 is 47.8 Å². The molecule has 14 heteroatoms. The summed E-state index contributed by atoms with van der Waals surface area (Å²) in [7, 11) is 0. The van der Waals surface area contributed by atoms with Crippen LogP contribution in [0, 0.1) is 11.3 Å². The van der Waals surface area contributed by atoms with Crippen molar-refractivity contribution >= 4 is 11.6 Å². The van der Waals surface area contributed by atoms with Crippen molar-refractivity contribution < 1.29 is 52.7 Å². The fourth-order valence-corrected chi connectivity index (χ4v) is 1.29. The predicted octanol–water partition coefficient (Wildman–Crippen LogP) is 5.30. The molecule has 0 aliphatic carbocycles. The number of nitriles is 1. The van der Waals surface area contributed by atoms with E-state index in [1.54, 1.807) is 0 Å². The van der Waals surface area contributed by atoms with Crippen LogP contribution in [-0.4, -0.2) is 35.0 Å². The molecule has 0 aliphatic heterocycles. The molecule has 0 radical (unpaired) electrons. The maximum atomic E-state index is 13.0. The number of hydrogen-bond acceptors (Lipinski definition) is 1. The van der Waals surface area contributed by atoms with Crippen molar-refractivity contribution in [1.29, 1.82) is 5.26 Å². The summed E-state index contributed by atoms with van der Waals surface area (Å²) in [5, 5.41) is 1.45. The minimum absolute atomic E-state index is 0.806. The first kappa shape index (κ1) is 21.9. The molecule has 23 heavy (non-hydrogen) atoms. The number of rotatable bonds is 7. The topological polar surface area (TPSA) is 23.8 Å². The van der Waals surface area contributed by atoms with E-state index in [1.165, 1.54) is 0 Å². The van der Waals surface area contributed by atoms with Gasteiger partial charge in [-0.2, -0.15) is 57.9 Å². The zero-order valence-corrected chi connectivity index (χ0v) is 11.0. The molecular weight excluding hydrogens is 386 g/mol. The highest BCUT2D eigenvalue weighted by Crippen LogP contribution is 2.61. The highest BCUT2D eigenvalue weighted by atomic mass is 35.5. The zero-order chi connectivity index (χ0) is 19.1. The van der Waals surface area contributed by atoms with Crippen molar-refractivity contribution in [1.82, 2.24) is 0 Å². The molecule has 0 amide bonds. The molecule has 0 saturated carbocycles. The van der Waals surface area contributed by atoms with Gasteiger partial charge in [0.05, 0.1) is 6.07 Å².